The van der Waals surface area contributed by atoms with Crippen LogP contribution in [0.1, 0.15) is 92.4 Å². The van der Waals surface area contributed by atoms with Gasteiger partial charge in [0.05, 0.1) is 44.7 Å². The van der Waals surface area contributed by atoms with Gasteiger partial charge in [-0.3, -0.25) is 0 Å². The number of fused-ring (bicyclic) bond motifs is 7. The summed E-state index contributed by atoms with van der Waals surface area (Å²) >= 11 is 0. The van der Waals surface area contributed by atoms with Gasteiger partial charge in [0, 0.05) is 12.3 Å². The molecule has 0 aromatic heterocycles. The molecule has 0 aromatic rings. The molecule has 9 rings (SSSR count). The van der Waals surface area contributed by atoms with Gasteiger partial charge in [0.1, 0.15) is 91.6 Å². The van der Waals surface area contributed by atoms with Gasteiger partial charge >= 0.3 is 0 Å². The lowest BCUT2D eigenvalue weighted by atomic mass is 9.47. The molecule has 23 nitrogen and oxygen atoms in total. The van der Waals surface area contributed by atoms with Crippen molar-refractivity contribution in [1.82, 2.24) is 0 Å². The van der Waals surface area contributed by atoms with Crippen molar-refractivity contribution < 1.29 is 114 Å². The normalized spacial score (nSPS) is 54.8. The Kier molecular flexibility index (Phi) is 17.2. The van der Waals surface area contributed by atoms with Crippen molar-refractivity contribution >= 4 is 0 Å². The molecule has 0 spiro atoms. The Balaban J connectivity index is 0.851. The van der Waals surface area contributed by atoms with Crippen LogP contribution in [0.2, 0.25) is 0 Å². The Hall–Kier alpha value is -1.44. The van der Waals surface area contributed by atoms with Gasteiger partial charge in [0.25, 0.3) is 0 Å². The number of allylic oxidation sites excluding steroid dienone is 1. The van der Waals surface area contributed by atoms with Gasteiger partial charge < -0.3 is 114 Å². The second-order valence-corrected chi connectivity index (χ2v) is 24.0. The van der Waals surface area contributed by atoms with Crippen molar-refractivity contribution in [2.45, 2.75) is 233 Å². The summed E-state index contributed by atoms with van der Waals surface area (Å²) in [6, 6.07) is 0. The summed E-state index contributed by atoms with van der Waals surface area (Å²) in [5.74, 6) is -2.15. The third-order valence-corrected chi connectivity index (χ3v) is 19.7. The summed E-state index contributed by atoms with van der Waals surface area (Å²) < 4.78 is 54.6. The van der Waals surface area contributed by atoms with Gasteiger partial charge in [-0.25, -0.2) is 0 Å². The first kappa shape index (κ1) is 58.2. The first-order valence-electron chi connectivity index (χ1n) is 27.0. The third kappa shape index (κ3) is 10.3. The van der Waals surface area contributed by atoms with Crippen LogP contribution in [-0.2, 0) is 42.6 Å². The van der Waals surface area contributed by atoms with Gasteiger partial charge in [-0.15, -0.1) is 0 Å². The predicted molar refractivity (Wildman–Crippen MR) is 255 cm³/mol. The van der Waals surface area contributed by atoms with E-state index in [0.29, 0.717) is 42.6 Å². The molecule has 0 aromatic carbocycles. The fourth-order valence-electron chi connectivity index (χ4n) is 15.1. The monoisotopic (exact) mass is 1080 g/mol. The van der Waals surface area contributed by atoms with Crippen molar-refractivity contribution in [3.05, 3.63) is 23.8 Å². The summed E-state index contributed by atoms with van der Waals surface area (Å²) in [6.45, 7) is 11.6. The number of hydrogen-bond acceptors (Lipinski definition) is 23. The molecule has 75 heavy (non-hydrogen) atoms. The molecule has 9 aliphatic rings. The van der Waals surface area contributed by atoms with E-state index in [2.05, 4.69) is 33.4 Å². The van der Waals surface area contributed by atoms with Crippen molar-refractivity contribution in [3.63, 3.8) is 0 Å². The molecule has 0 amide bonds. The molecule has 23 heteroatoms. The van der Waals surface area contributed by atoms with Crippen LogP contribution < -0.4 is 0 Å². The third-order valence-electron chi connectivity index (χ3n) is 19.7. The molecule has 8 fully saturated rings. The highest BCUT2D eigenvalue weighted by Crippen LogP contribution is 2.70. The lowest BCUT2D eigenvalue weighted by Gasteiger charge is -2.58. The van der Waals surface area contributed by atoms with E-state index in [9.17, 15) is 71.5 Å². The molecule has 14 N–H and O–H groups in total. The fourth-order valence-corrected chi connectivity index (χ4v) is 15.1. The highest BCUT2D eigenvalue weighted by atomic mass is 16.8. The Labute approximate surface area is 436 Å². The highest BCUT2D eigenvalue weighted by molar-refractivity contribution is 5.26. The van der Waals surface area contributed by atoms with E-state index in [4.69, 9.17) is 42.6 Å². The maximum absolute atomic E-state index is 12.1. The SMILES string of the molecule is C=C(CCC1(O)OC2CC3C4CC=C5C[C@@H](OC6OC(CO)C(OC7OC(CO)C(O)[C@@H](O)[C@@H]7O)[C@@H](O)[C@@H]6OC6OC(C)C(O)[C@H](O)[C@@H]6O)CC[C@]5(C)C4CC[C@]3(C)C2C1C)COC1(C)OC(CO)C(O)[C@@H](O)[C@@H]1O. The summed E-state index contributed by atoms with van der Waals surface area (Å²) in [7, 11) is 0. The van der Waals surface area contributed by atoms with Gasteiger partial charge in [-0.1, -0.05) is 44.6 Å². The first-order valence-corrected chi connectivity index (χ1v) is 27.0. The van der Waals surface area contributed by atoms with E-state index >= 15 is 0 Å². The predicted octanol–water partition coefficient (Wildman–Crippen LogP) is -2.70. The molecule has 19 unspecified atom stereocenters. The zero-order valence-electron chi connectivity index (χ0n) is 43.4. The Bertz CT molecular complexity index is 2010. The lowest BCUT2D eigenvalue weighted by Crippen LogP contribution is -2.67. The largest absolute Gasteiger partial charge is 0.394 e. The summed E-state index contributed by atoms with van der Waals surface area (Å²) in [4.78, 5) is 0. The zero-order valence-corrected chi connectivity index (χ0v) is 43.4. The van der Waals surface area contributed by atoms with Crippen LogP contribution in [0.15, 0.2) is 23.8 Å². The van der Waals surface area contributed by atoms with Crippen molar-refractivity contribution in [2.75, 3.05) is 26.4 Å². The van der Waals surface area contributed by atoms with Crippen molar-refractivity contribution in [2.24, 2.45) is 40.4 Å². The van der Waals surface area contributed by atoms with Gasteiger partial charge in [-0.05, 0) is 99.7 Å². The van der Waals surface area contributed by atoms with E-state index in [1.165, 1.54) is 19.4 Å². The highest BCUT2D eigenvalue weighted by Gasteiger charge is 2.68. The number of ether oxygens (including phenoxy) is 9. The number of aliphatic hydroxyl groups is 14. The molecular weight excluding hydrogens is 993 g/mol. The lowest BCUT2D eigenvalue weighted by molar-refractivity contribution is -0.389. The average Bonchev–Trinajstić information content (AvgIpc) is 3.83. The second-order valence-electron chi connectivity index (χ2n) is 24.0. The topological polar surface area (TPSA) is 366 Å². The molecule has 30 atom stereocenters. The Morgan fingerprint density at radius 1 is 0.667 bits per heavy atom. The molecule has 3 saturated carbocycles. The zero-order chi connectivity index (χ0) is 54.4. The standard InChI is InChI=1S/C52H84O23/c1-21(20-67-51(6)45(65)39(61)36(58)31(18-54)74-51)9-14-52(66)22(2)33-29(75-52)16-28-26-8-7-24-15-25(10-12-49(24,4)27(26)11-13-50(28,33)5)69-48-44(73-46-40(62)37(59)34(56)23(3)68-46)42(64)43(32(19-55)71-48)72-47-41(63)38(60)35(57)30(17-53)70-47/h7,22-23,25-48,53-66H,1,8-20H2,2-6H3/t22?,23?,25-,26?,27?,28?,29?,30?,31?,32?,33?,34?,35?,36?,37-,38+,39+,40-,41-,42+,43?,44-,45-,46?,47?,48?,49-,50-,51?,52?/m0/s1. The minimum absolute atomic E-state index is 0.0715. The smallest absolute Gasteiger partial charge is 0.195 e. The molecule has 5 saturated heterocycles. The molecule has 430 valence electrons. The number of aliphatic hydroxyl groups excluding tert-OH is 13. The van der Waals surface area contributed by atoms with Crippen LogP contribution in [0.5, 0.6) is 0 Å². The van der Waals surface area contributed by atoms with E-state index in [-0.39, 0.29) is 41.8 Å². The average molecular weight is 1080 g/mol. The number of hydrogen-bond donors (Lipinski definition) is 14. The van der Waals surface area contributed by atoms with Crippen molar-refractivity contribution in [1.29, 1.82) is 0 Å². The second kappa shape index (κ2) is 22.1. The van der Waals surface area contributed by atoms with Crippen LogP contribution in [-0.4, -0.2) is 238 Å². The Morgan fingerprint density at radius 3 is 1.97 bits per heavy atom. The van der Waals surface area contributed by atoms with Crippen LogP contribution in [0.25, 0.3) is 0 Å². The molecule has 5 aliphatic heterocycles. The summed E-state index contributed by atoms with van der Waals surface area (Å²) in [5, 5.41) is 149. The van der Waals surface area contributed by atoms with E-state index in [0.717, 1.165) is 32.1 Å². The van der Waals surface area contributed by atoms with Gasteiger partial charge in [-0.2, -0.15) is 0 Å². The summed E-state index contributed by atoms with van der Waals surface area (Å²) in [5.41, 5.74) is 1.57. The molecule has 0 radical (unpaired) electrons. The van der Waals surface area contributed by atoms with Crippen LogP contribution >= 0.6 is 0 Å². The first-order chi connectivity index (χ1) is 35.3. The Morgan fingerprint density at radius 2 is 1.29 bits per heavy atom. The van der Waals surface area contributed by atoms with Gasteiger partial charge in [0.15, 0.2) is 30.4 Å². The van der Waals surface area contributed by atoms with Crippen LogP contribution in [0.4, 0.5) is 0 Å². The fraction of sp³-hybridized carbons (Fsp3) is 0.923. The maximum atomic E-state index is 12.1. The minimum atomic E-state index is -1.86. The van der Waals surface area contributed by atoms with E-state index in [1.807, 2.05) is 0 Å². The molecule has 5 heterocycles. The van der Waals surface area contributed by atoms with Crippen LogP contribution in [0.3, 0.4) is 0 Å². The number of rotatable bonds is 15. The molecule has 0 bridgehead atoms. The van der Waals surface area contributed by atoms with Crippen molar-refractivity contribution in [3.8, 4) is 0 Å². The van der Waals surface area contributed by atoms with Gasteiger partial charge in [0.2, 0.25) is 0 Å². The molecular formula is C52H84O23. The quantitative estimate of drug-likeness (QED) is 0.0742. The van der Waals surface area contributed by atoms with Crippen LogP contribution in [0, 0.1) is 40.4 Å². The van der Waals surface area contributed by atoms with E-state index < -0.39 is 154 Å². The minimum Gasteiger partial charge on any atom is -0.394 e. The maximum Gasteiger partial charge on any atom is 0.195 e. The summed E-state index contributed by atoms with van der Waals surface area (Å²) in [6.07, 6.45) is -21.7. The molecule has 4 aliphatic carbocycles. The van der Waals surface area contributed by atoms with E-state index in [1.54, 1.807) is 0 Å².